The zero-order valence-electron chi connectivity index (χ0n) is 34.7. The van der Waals surface area contributed by atoms with Gasteiger partial charge < -0.3 is 4.90 Å². The Labute approximate surface area is 359 Å². The molecule has 61 heavy (non-hydrogen) atoms. The van der Waals surface area contributed by atoms with E-state index < -0.39 is 5.41 Å². The summed E-state index contributed by atoms with van der Waals surface area (Å²) in [6.07, 6.45) is 0. The van der Waals surface area contributed by atoms with Crippen LogP contribution in [0, 0.1) is 0 Å². The van der Waals surface area contributed by atoms with Gasteiger partial charge in [0.1, 0.15) is 0 Å². The molecule has 1 nitrogen and oxygen atoms in total. The lowest BCUT2D eigenvalue weighted by molar-refractivity contribution is 0.660. The molecule has 0 unspecified atom stereocenters. The fourth-order valence-corrected chi connectivity index (χ4v) is 11.6. The standard InChI is InChI=1S/C60H45N/c1-58(2)50-27-14-10-23-45(50)48-38-37-44(39-55(48)58)61(43-35-33-40(34-36-43)59(3)51-28-15-11-24-46(51)47-25-12-16-29-52(47)59)56-32-18-31-54-57(56)49-26-13-17-30-53(49)60(54,41-19-6-4-7-20-41)42-21-8-5-9-22-42/h4-39H,1-3H3. The Morgan fingerprint density at radius 1 is 0.311 bits per heavy atom. The second kappa shape index (κ2) is 13.1. The molecule has 0 saturated heterocycles. The zero-order chi connectivity index (χ0) is 40.9. The number of fused-ring (bicyclic) bond motifs is 9. The maximum absolute atomic E-state index is 2.53. The van der Waals surface area contributed by atoms with E-state index >= 15 is 0 Å². The van der Waals surface area contributed by atoms with Crippen molar-refractivity contribution in [3.05, 3.63) is 268 Å². The van der Waals surface area contributed by atoms with Crippen LogP contribution >= 0.6 is 0 Å². The Bertz CT molecular complexity index is 3090. The first-order valence-corrected chi connectivity index (χ1v) is 21.6. The van der Waals surface area contributed by atoms with Gasteiger partial charge in [0.2, 0.25) is 0 Å². The topological polar surface area (TPSA) is 3.24 Å². The third-order valence-corrected chi connectivity index (χ3v) is 14.5. The average molecular weight is 780 g/mol. The van der Waals surface area contributed by atoms with E-state index in [1.807, 2.05) is 0 Å². The minimum Gasteiger partial charge on any atom is -0.310 e. The van der Waals surface area contributed by atoms with Gasteiger partial charge in [-0.15, -0.1) is 0 Å². The summed E-state index contributed by atoms with van der Waals surface area (Å²) in [5.41, 5.74) is 22.2. The maximum Gasteiger partial charge on any atom is 0.0714 e. The molecule has 0 radical (unpaired) electrons. The van der Waals surface area contributed by atoms with Crippen molar-refractivity contribution < 1.29 is 0 Å². The molecule has 0 aromatic heterocycles. The largest absolute Gasteiger partial charge is 0.310 e. The van der Waals surface area contributed by atoms with E-state index in [1.54, 1.807) is 0 Å². The second-order valence-electron chi connectivity index (χ2n) is 17.7. The molecule has 0 amide bonds. The molecule has 0 bridgehead atoms. The first kappa shape index (κ1) is 35.7. The fourth-order valence-electron chi connectivity index (χ4n) is 11.6. The Kier molecular flexibility index (Phi) is 7.69. The van der Waals surface area contributed by atoms with Crippen LogP contribution in [-0.4, -0.2) is 0 Å². The Morgan fingerprint density at radius 3 is 1.38 bits per heavy atom. The highest BCUT2D eigenvalue weighted by Gasteiger charge is 2.48. The molecule has 0 heterocycles. The summed E-state index contributed by atoms with van der Waals surface area (Å²) in [6, 6.07) is 81.8. The third-order valence-electron chi connectivity index (χ3n) is 14.5. The van der Waals surface area contributed by atoms with Gasteiger partial charge in [-0.05, 0) is 115 Å². The lowest BCUT2D eigenvalue weighted by Gasteiger charge is -2.34. The van der Waals surface area contributed by atoms with Crippen LogP contribution in [0.25, 0.3) is 33.4 Å². The lowest BCUT2D eigenvalue weighted by Crippen LogP contribution is -2.28. The van der Waals surface area contributed by atoms with Crippen LogP contribution in [0.4, 0.5) is 17.1 Å². The van der Waals surface area contributed by atoms with Gasteiger partial charge in [-0.1, -0.05) is 202 Å². The summed E-state index contributed by atoms with van der Waals surface area (Å²) in [7, 11) is 0. The van der Waals surface area contributed by atoms with Crippen molar-refractivity contribution in [3.8, 4) is 33.4 Å². The van der Waals surface area contributed by atoms with Gasteiger partial charge in [0.05, 0.1) is 11.1 Å². The summed E-state index contributed by atoms with van der Waals surface area (Å²) in [5.74, 6) is 0. The molecule has 3 aliphatic rings. The van der Waals surface area contributed by atoms with Crippen LogP contribution in [0.2, 0.25) is 0 Å². The van der Waals surface area contributed by atoms with Crippen molar-refractivity contribution in [2.45, 2.75) is 37.0 Å². The summed E-state index contributed by atoms with van der Waals surface area (Å²) >= 11 is 0. The van der Waals surface area contributed by atoms with Crippen LogP contribution in [0.1, 0.15) is 70.8 Å². The molecular formula is C60H45N. The number of hydrogen-bond donors (Lipinski definition) is 0. The number of anilines is 3. The van der Waals surface area contributed by atoms with Gasteiger partial charge >= 0.3 is 0 Å². The van der Waals surface area contributed by atoms with Crippen molar-refractivity contribution in [2.24, 2.45) is 0 Å². The van der Waals surface area contributed by atoms with E-state index in [0.29, 0.717) is 0 Å². The molecule has 9 aromatic carbocycles. The van der Waals surface area contributed by atoms with Gasteiger partial charge in [0, 0.05) is 27.8 Å². The summed E-state index contributed by atoms with van der Waals surface area (Å²) in [5, 5.41) is 0. The van der Waals surface area contributed by atoms with Gasteiger partial charge in [0.25, 0.3) is 0 Å². The fraction of sp³-hybridized carbons (Fsp3) is 0.100. The molecule has 0 aliphatic heterocycles. The van der Waals surface area contributed by atoms with Crippen molar-refractivity contribution in [1.82, 2.24) is 0 Å². The van der Waals surface area contributed by atoms with Crippen LogP contribution in [-0.2, 0) is 16.2 Å². The van der Waals surface area contributed by atoms with Gasteiger partial charge in [-0.2, -0.15) is 0 Å². The van der Waals surface area contributed by atoms with E-state index in [-0.39, 0.29) is 10.8 Å². The quantitative estimate of drug-likeness (QED) is 0.162. The predicted octanol–water partition coefficient (Wildman–Crippen LogP) is 15.2. The highest BCUT2D eigenvalue weighted by Crippen LogP contribution is 2.60. The molecule has 9 aromatic rings. The first-order chi connectivity index (χ1) is 29.9. The molecule has 0 saturated carbocycles. The number of hydrogen-bond acceptors (Lipinski definition) is 1. The second-order valence-corrected chi connectivity index (χ2v) is 17.7. The van der Waals surface area contributed by atoms with E-state index in [2.05, 4.69) is 244 Å². The molecule has 0 atom stereocenters. The molecular weight excluding hydrogens is 735 g/mol. The minimum absolute atomic E-state index is 0.143. The highest BCUT2D eigenvalue weighted by molar-refractivity contribution is 5.98. The van der Waals surface area contributed by atoms with Crippen molar-refractivity contribution in [3.63, 3.8) is 0 Å². The van der Waals surface area contributed by atoms with Crippen LogP contribution in [0.3, 0.4) is 0 Å². The zero-order valence-corrected chi connectivity index (χ0v) is 34.7. The number of benzene rings is 9. The highest BCUT2D eigenvalue weighted by atomic mass is 15.1. The Morgan fingerprint density at radius 2 is 0.770 bits per heavy atom. The maximum atomic E-state index is 2.53. The van der Waals surface area contributed by atoms with Crippen LogP contribution in [0.5, 0.6) is 0 Å². The molecule has 1 heteroatoms. The lowest BCUT2D eigenvalue weighted by atomic mass is 9.68. The van der Waals surface area contributed by atoms with E-state index in [0.717, 1.165) is 11.4 Å². The van der Waals surface area contributed by atoms with Crippen molar-refractivity contribution in [1.29, 1.82) is 0 Å². The van der Waals surface area contributed by atoms with Gasteiger partial charge in [0.15, 0.2) is 0 Å². The first-order valence-electron chi connectivity index (χ1n) is 21.6. The minimum atomic E-state index is -0.501. The molecule has 290 valence electrons. The van der Waals surface area contributed by atoms with Crippen LogP contribution in [0.15, 0.2) is 218 Å². The van der Waals surface area contributed by atoms with Gasteiger partial charge in [-0.25, -0.2) is 0 Å². The van der Waals surface area contributed by atoms with E-state index in [1.165, 1.54) is 89.1 Å². The predicted molar refractivity (Wildman–Crippen MR) is 253 cm³/mol. The smallest absolute Gasteiger partial charge is 0.0714 e. The SMILES string of the molecule is CC1(C)c2ccccc2-c2ccc(N(c3ccc(C4(C)c5ccccc5-c5ccccc54)cc3)c3cccc4c3-c3ccccc3C4(c3ccccc3)c3ccccc3)cc21. The molecule has 0 N–H and O–H groups in total. The van der Waals surface area contributed by atoms with Crippen molar-refractivity contribution in [2.75, 3.05) is 4.90 Å². The number of nitrogens with zero attached hydrogens (tertiary/aromatic N) is 1. The Hall–Kier alpha value is -7.22. The Balaban J connectivity index is 1.11. The summed E-state index contributed by atoms with van der Waals surface area (Å²) < 4.78 is 0. The molecule has 0 fully saturated rings. The van der Waals surface area contributed by atoms with Crippen molar-refractivity contribution >= 4 is 17.1 Å². The van der Waals surface area contributed by atoms with Crippen LogP contribution < -0.4 is 4.90 Å². The monoisotopic (exact) mass is 779 g/mol. The summed E-state index contributed by atoms with van der Waals surface area (Å²) in [4.78, 5) is 2.53. The van der Waals surface area contributed by atoms with E-state index in [4.69, 9.17) is 0 Å². The normalized spacial score (nSPS) is 15.2. The molecule has 12 rings (SSSR count). The average Bonchev–Trinajstić information content (AvgIpc) is 3.87. The molecule has 0 spiro atoms. The third kappa shape index (κ3) is 4.83. The van der Waals surface area contributed by atoms with Gasteiger partial charge in [-0.3, -0.25) is 0 Å². The van der Waals surface area contributed by atoms with E-state index in [9.17, 15) is 0 Å². The number of rotatable bonds is 6. The summed E-state index contributed by atoms with van der Waals surface area (Å²) in [6.45, 7) is 7.16. The molecule has 3 aliphatic carbocycles.